The van der Waals surface area contributed by atoms with Gasteiger partial charge in [0.25, 0.3) is 0 Å². The van der Waals surface area contributed by atoms with Gasteiger partial charge in [0.15, 0.2) is 0 Å². The molecular weight excluding hydrogens is 370 g/mol. The fraction of sp³-hybridized carbons (Fsp3) is 0.667. The number of aryl methyl sites for hydroxylation is 1. The Kier molecular flexibility index (Phi) is 4.70. The van der Waals surface area contributed by atoms with Gasteiger partial charge in [0.2, 0.25) is 5.91 Å². The van der Waals surface area contributed by atoms with E-state index in [-0.39, 0.29) is 28.9 Å². The Morgan fingerprint density at radius 2 is 1.90 bits per heavy atom. The molecule has 3 unspecified atom stereocenters. The highest BCUT2D eigenvalue weighted by molar-refractivity contribution is 5.89. The van der Waals surface area contributed by atoms with Crippen LogP contribution in [0.2, 0.25) is 0 Å². The Hall–Kier alpha value is -1.61. The lowest BCUT2D eigenvalue weighted by atomic mass is 9.46. The number of carbonyl (C=O) groups is 1. The van der Waals surface area contributed by atoms with Gasteiger partial charge < -0.3 is 10.0 Å². The maximum absolute atomic E-state index is 12.7. The second kappa shape index (κ2) is 6.95. The molecule has 3 nitrogen and oxygen atoms in total. The van der Waals surface area contributed by atoms with Gasteiger partial charge in [0.1, 0.15) is 0 Å². The Bertz CT molecular complexity index is 877. The van der Waals surface area contributed by atoms with Crippen molar-refractivity contribution in [2.75, 3.05) is 7.05 Å². The van der Waals surface area contributed by atoms with Crippen molar-refractivity contribution in [1.82, 2.24) is 4.90 Å². The molecule has 30 heavy (non-hydrogen) atoms. The van der Waals surface area contributed by atoms with Crippen molar-refractivity contribution >= 4 is 5.91 Å². The molecule has 1 aromatic rings. The SMILES string of the molecule is Cc1ccccc1CC1C[C@@H]2[C@@H](CC[C@]3(C)C(O)CC[C@@H]23)[C@@]2(C)C=CC(=O)N(C)C12. The van der Waals surface area contributed by atoms with E-state index in [1.807, 2.05) is 13.1 Å². The fourth-order valence-electron chi connectivity index (χ4n) is 8.34. The molecule has 0 aromatic heterocycles. The zero-order chi connectivity index (χ0) is 21.3. The molecule has 0 bridgehead atoms. The van der Waals surface area contributed by atoms with Gasteiger partial charge in [-0.25, -0.2) is 0 Å². The van der Waals surface area contributed by atoms with E-state index < -0.39 is 0 Å². The van der Waals surface area contributed by atoms with Gasteiger partial charge in [0.05, 0.1) is 6.10 Å². The third kappa shape index (κ3) is 2.77. The van der Waals surface area contributed by atoms with Crippen LogP contribution in [0.25, 0.3) is 0 Å². The predicted octanol–water partition coefficient (Wildman–Crippen LogP) is 4.76. The Balaban J connectivity index is 1.56. The summed E-state index contributed by atoms with van der Waals surface area (Å²) in [6.07, 6.45) is 10.6. The van der Waals surface area contributed by atoms with Gasteiger partial charge in [-0.1, -0.05) is 44.2 Å². The lowest BCUT2D eigenvalue weighted by molar-refractivity contribution is -0.148. The number of hydrogen-bond donors (Lipinski definition) is 1. The minimum atomic E-state index is -0.144. The smallest absolute Gasteiger partial charge is 0.246 e. The van der Waals surface area contributed by atoms with Crippen molar-refractivity contribution < 1.29 is 9.90 Å². The van der Waals surface area contributed by atoms with Crippen LogP contribution in [0.5, 0.6) is 0 Å². The number of aliphatic hydroxyl groups excluding tert-OH is 1. The molecular formula is C27H37NO2. The molecule has 1 N–H and O–H groups in total. The topological polar surface area (TPSA) is 40.5 Å². The lowest BCUT2D eigenvalue weighted by Gasteiger charge is -2.62. The molecule has 162 valence electrons. The zero-order valence-electron chi connectivity index (χ0n) is 19.0. The van der Waals surface area contributed by atoms with Crippen LogP contribution in [0.3, 0.4) is 0 Å². The Morgan fingerprint density at radius 1 is 1.13 bits per heavy atom. The van der Waals surface area contributed by atoms with Crippen molar-refractivity contribution in [2.45, 2.75) is 71.4 Å². The second-order valence-electron chi connectivity index (χ2n) is 11.2. The molecule has 1 aliphatic heterocycles. The largest absolute Gasteiger partial charge is 0.393 e. The van der Waals surface area contributed by atoms with E-state index in [9.17, 15) is 9.90 Å². The van der Waals surface area contributed by atoms with E-state index in [1.165, 1.54) is 24.0 Å². The number of likely N-dealkylation sites (N-methyl/N-ethyl adjacent to an activating group) is 1. The molecule has 3 aliphatic carbocycles. The molecule has 1 heterocycles. The molecule has 4 aliphatic rings. The number of carbonyl (C=O) groups excluding carboxylic acids is 1. The van der Waals surface area contributed by atoms with E-state index in [2.05, 4.69) is 56.0 Å². The summed E-state index contributed by atoms with van der Waals surface area (Å²) < 4.78 is 0. The number of amides is 1. The van der Waals surface area contributed by atoms with Gasteiger partial charge in [-0.3, -0.25) is 4.79 Å². The molecule has 3 saturated carbocycles. The van der Waals surface area contributed by atoms with Gasteiger partial charge in [0, 0.05) is 18.5 Å². The van der Waals surface area contributed by atoms with Crippen LogP contribution in [0, 0.1) is 41.4 Å². The number of hydrogen-bond acceptors (Lipinski definition) is 2. The summed E-state index contributed by atoms with van der Waals surface area (Å²) >= 11 is 0. The van der Waals surface area contributed by atoms with Crippen molar-refractivity contribution in [3.05, 3.63) is 47.5 Å². The van der Waals surface area contributed by atoms with E-state index in [0.717, 1.165) is 25.7 Å². The van der Waals surface area contributed by atoms with Crippen molar-refractivity contribution in [3.8, 4) is 0 Å². The van der Waals surface area contributed by atoms with Crippen LogP contribution >= 0.6 is 0 Å². The van der Waals surface area contributed by atoms with Crippen LogP contribution in [0.1, 0.15) is 57.1 Å². The summed E-state index contributed by atoms with van der Waals surface area (Å²) in [6.45, 7) is 6.98. The highest BCUT2D eigenvalue weighted by Crippen LogP contribution is 2.65. The summed E-state index contributed by atoms with van der Waals surface area (Å²) in [5, 5.41) is 10.8. The third-order valence-electron chi connectivity index (χ3n) is 9.94. The van der Waals surface area contributed by atoms with Crippen LogP contribution in [0.15, 0.2) is 36.4 Å². The van der Waals surface area contributed by atoms with Crippen LogP contribution in [-0.4, -0.2) is 35.1 Å². The van der Waals surface area contributed by atoms with Gasteiger partial charge in [-0.15, -0.1) is 0 Å². The maximum atomic E-state index is 12.7. The minimum absolute atomic E-state index is 0.0216. The quantitative estimate of drug-likeness (QED) is 0.768. The molecule has 3 fully saturated rings. The highest BCUT2D eigenvalue weighted by atomic mass is 16.3. The highest BCUT2D eigenvalue weighted by Gasteiger charge is 2.62. The molecule has 1 amide bonds. The average molecular weight is 408 g/mol. The number of fused-ring (bicyclic) bond motifs is 5. The minimum Gasteiger partial charge on any atom is -0.393 e. The van der Waals surface area contributed by atoms with Crippen LogP contribution < -0.4 is 0 Å². The summed E-state index contributed by atoms with van der Waals surface area (Å²) in [4.78, 5) is 14.8. The summed E-state index contributed by atoms with van der Waals surface area (Å²) in [5.41, 5.74) is 2.88. The molecule has 5 rings (SSSR count). The van der Waals surface area contributed by atoms with E-state index in [4.69, 9.17) is 0 Å². The summed E-state index contributed by atoms with van der Waals surface area (Å²) in [6, 6.07) is 9.00. The molecule has 0 spiro atoms. The van der Waals surface area contributed by atoms with Crippen LogP contribution in [-0.2, 0) is 11.2 Å². The van der Waals surface area contributed by atoms with E-state index in [1.54, 1.807) is 0 Å². The summed E-state index contributed by atoms with van der Waals surface area (Å²) in [7, 11) is 2.02. The first-order valence-corrected chi connectivity index (χ1v) is 11.9. The summed E-state index contributed by atoms with van der Waals surface area (Å²) in [5.74, 6) is 2.46. The molecule has 0 saturated heterocycles. The fourth-order valence-corrected chi connectivity index (χ4v) is 8.34. The van der Waals surface area contributed by atoms with Crippen molar-refractivity contribution in [3.63, 3.8) is 0 Å². The number of rotatable bonds is 2. The normalized spacial score (nSPS) is 45.1. The maximum Gasteiger partial charge on any atom is 0.246 e. The Morgan fingerprint density at radius 3 is 2.67 bits per heavy atom. The van der Waals surface area contributed by atoms with Gasteiger partial charge >= 0.3 is 0 Å². The predicted molar refractivity (Wildman–Crippen MR) is 120 cm³/mol. The molecule has 1 aromatic carbocycles. The number of benzene rings is 1. The van der Waals surface area contributed by atoms with Crippen molar-refractivity contribution in [2.24, 2.45) is 34.5 Å². The Labute approximate surface area is 181 Å². The lowest BCUT2D eigenvalue weighted by Crippen LogP contribution is -2.63. The van der Waals surface area contributed by atoms with E-state index >= 15 is 0 Å². The average Bonchev–Trinajstić information content (AvgIpc) is 3.02. The first kappa shape index (κ1) is 20.3. The zero-order valence-corrected chi connectivity index (χ0v) is 19.0. The van der Waals surface area contributed by atoms with Crippen molar-refractivity contribution in [1.29, 1.82) is 0 Å². The molecule has 8 atom stereocenters. The molecule has 0 radical (unpaired) electrons. The third-order valence-corrected chi connectivity index (χ3v) is 9.94. The monoisotopic (exact) mass is 407 g/mol. The first-order chi connectivity index (χ1) is 14.3. The number of aliphatic hydroxyl groups is 1. The standard InChI is InChI=1S/C27H37NO2/c1-17-7-5-6-8-18(17)15-19-16-20-21-9-10-23(29)26(21,2)13-11-22(20)27(3)14-12-24(30)28(4)25(19)27/h5-8,12,14,19-23,25,29H,9-11,13,15-16H2,1-4H3/t19?,20-,21-,22+,23?,25?,26-,27+/m0/s1. The van der Waals surface area contributed by atoms with Gasteiger partial charge in [-0.2, -0.15) is 0 Å². The van der Waals surface area contributed by atoms with Gasteiger partial charge in [-0.05, 0) is 91.7 Å². The van der Waals surface area contributed by atoms with Crippen LogP contribution in [0.4, 0.5) is 0 Å². The van der Waals surface area contributed by atoms with E-state index in [0.29, 0.717) is 23.7 Å². The molecule has 3 heteroatoms. The number of nitrogens with zero attached hydrogens (tertiary/aromatic N) is 1. The first-order valence-electron chi connectivity index (χ1n) is 11.9. The second-order valence-corrected chi connectivity index (χ2v) is 11.2.